The molecule has 0 spiro atoms. The van der Waals surface area contributed by atoms with Crippen LogP contribution in [0.2, 0.25) is 0 Å². The van der Waals surface area contributed by atoms with E-state index < -0.39 is 11.7 Å². The molecule has 0 bridgehead atoms. The summed E-state index contributed by atoms with van der Waals surface area (Å²) >= 11 is 3.39. The molecule has 1 aliphatic rings. The van der Waals surface area contributed by atoms with Crippen molar-refractivity contribution in [2.24, 2.45) is 0 Å². The SMILES string of the molecule is CC(C)(C)OC(=O)Nc1ccc(C(=O)N2CCC[C@@H](Nc3ncc(SCc4ccncc4)s3)C2)cc1. The van der Waals surface area contributed by atoms with E-state index in [9.17, 15) is 9.59 Å². The number of amides is 2. The number of nitrogens with one attached hydrogen (secondary N) is 2. The number of anilines is 2. The largest absolute Gasteiger partial charge is 0.444 e. The average Bonchev–Trinajstić information content (AvgIpc) is 3.29. The molecule has 190 valence electrons. The van der Waals surface area contributed by atoms with Crippen molar-refractivity contribution in [3.63, 3.8) is 0 Å². The Morgan fingerprint density at radius 2 is 1.92 bits per heavy atom. The second kappa shape index (κ2) is 11.7. The van der Waals surface area contributed by atoms with Crippen LogP contribution in [0.5, 0.6) is 0 Å². The van der Waals surface area contributed by atoms with Crippen LogP contribution < -0.4 is 10.6 Å². The van der Waals surface area contributed by atoms with E-state index in [1.807, 2.05) is 44.0 Å². The van der Waals surface area contributed by atoms with E-state index in [-0.39, 0.29) is 11.9 Å². The molecule has 0 radical (unpaired) electrons. The third-order valence-corrected chi connectivity index (χ3v) is 7.62. The van der Waals surface area contributed by atoms with Gasteiger partial charge >= 0.3 is 6.09 Å². The first kappa shape index (κ1) is 26.0. The third-order valence-electron chi connectivity index (χ3n) is 5.43. The minimum absolute atomic E-state index is 0.0157. The molecule has 3 heterocycles. The van der Waals surface area contributed by atoms with Gasteiger partial charge in [-0.1, -0.05) is 11.3 Å². The van der Waals surface area contributed by atoms with Gasteiger partial charge in [-0.05, 0) is 75.6 Å². The Bertz CT molecular complexity index is 1160. The fourth-order valence-corrected chi connectivity index (χ4v) is 5.69. The molecule has 10 heteroatoms. The first-order valence-electron chi connectivity index (χ1n) is 11.9. The number of carbonyl (C=O) groups is 2. The number of carbonyl (C=O) groups excluding carboxylic acids is 2. The minimum atomic E-state index is -0.571. The molecule has 0 saturated carbocycles. The molecule has 1 fully saturated rings. The molecule has 36 heavy (non-hydrogen) atoms. The van der Waals surface area contributed by atoms with Crippen LogP contribution in [-0.4, -0.2) is 51.6 Å². The Kier molecular flexibility index (Phi) is 8.48. The summed E-state index contributed by atoms with van der Waals surface area (Å²) in [6.45, 7) is 6.78. The first-order chi connectivity index (χ1) is 17.2. The Morgan fingerprint density at radius 1 is 1.17 bits per heavy atom. The van der Waals surface area contributed by atoms with Crippen molar-refractivity contribution >= 4 is 45.9 Å². The molecule has 3 aromatic rings. The fourth-order valence-electron chi connectivity index (χ4n) is 3.78. The number of likely N-dealkylation sites (tertiary alicyclic amines) is 1. The maximum Gasteiger partial charge on any atom is 0.412 e. The molecule has 2 aromatic heterocycles. The van der Waals surface area contributed by atoms with Gasteiger partial charge in [-0.2, -0.15) is 0 Å². The number of benzene rings is 1. The number of piperidine rings is 1. The Hall–Kier alpha value is -3.11. The summed E-state index contributed by atoms with van der Waals surface area (Å²) in [5.41, 5.74) is 1.83. The summed E-state index contributed by atoms with van der Waals surface area (Å²) in [4.78, 5) is 35.5. The lowest BCUT2D eigenvalue weighted by Gasteiger charge is -2.33. The summed E-state index contributed by atoms with van der Waals surface area (Å²) in [7, 11) is 0. The number of thioether (sulfide) groups is 1. The molecule has 1 aromatic carbocycles. The molecule has 0 unspecified atom stereocenters. The van der Waals surface area contributed by atoms with Crippen molar-refractivity contribution in [2.75, 3.05) is 23.7 Å². The van der Waals surface area contributed by atoms with Gasteiger partial charge in [-0.3, -0.25) is 15.1 Å². The summed E-state index contributed by atoms with van der Waals surface area (Å²) in [6, 6.07) is 11.1. The molecule has 1 aliphatic heterocycles. The maximum absolute atomic E-state index is 13.1. The highest BCUT2D eigenvalue weighted by Gasteiger charge is 2.25. The minimum Gasteiger partial charge on any atom is -0.444 e. The number of thiazole rings is 1. The number of rotatable bonds is 7. The topological polar surface area (TPSA) is 96.5 Å². The number of hydrogen-bond donors (Lipinski definition) is 2. The van der Waals surface area contributed by atoms with Crippen molar-refractivity contribution in [1.29, 1.82) is 0 Å². The van der Waals surface area contributed by atoms with Crippen LogP contribution in [0, 0.1) is 0 Å². The number of pyridine rings is 1. The monoisotopic (exact) mass is 525 g/mol. The molecule has 1 atom stereocenters. The smallest absolute Gasteiger partial charge is 0.412 e. The molecule has 4 rings (SSSR count). The van der Waals surface area contributed by atoms with Gasteiger partial charge in [0.25, 0.3) is 5.91 Å². The predicted molar refractivity (Wildman–Crippen MR) is 145 cm³/mol. The molecule has 2 amide bonds. The lowest BCUT2D eigenvalue weighted by atomic mass is 10.0. The maximum atomic E-state index is 13.1. The van der Waals surface area contributed by atoms with E-state index in [2.05, 4.69) is 20.6 Å². The van der Waals surface area contributed by atoms with Crippen LogP contribution in [0.1, 0.15) is 49.5 Å². The summed E-state index contributed by atoms with van der Waals surface area (Å²) < 4.78 is 6.42. The van der Waals surface area contributed by atoms with E-state index in [0.29, 0.717) is 17.8 Å². The molecular formula is C26H31N5O3S2. The molecule has 2 N–H and O–H groups in total. The number of nitrogens with zero attached hydrogens (tertiary/aromatic N) is 3. The predicted octanol–water partition coefficient (Wildman–Crippen LogP) is 5.89. The highest BCUT2D eigenvalue weighted by molar-refractivity contribution is 8.00. The van der Waals surface area contributed by atoms with Crippen LogP contribution in [-0.2, 0) is 10.5 Å². The summed E-state index contributed by atoms with van der Waals surface area (Å²) in [5.74, 6) is 0.861. The molecule has 1 saturated heterocycles. The Morgan fingerprint density at radius 3 is 2.64 bits per heavy atom. The van der Waals surface area contributed by atoms with E-state index in [1.165, 1.54) is 5.56 Å². The standard InChI is InChI=1S/C26H31N5O3S2/c1-26(2,3)34-25(33)30-20-8-6-19(7-9-20)23(32)31-14-4-5-21(16-31)29-24-28-15-22(36-24)35-17-18-10-12-27-13-11-18/h6-13,15,21H,4-5,14,16-17H2,1-3H3,(H,28,29)(H,30,33)/t21-/m1/s1. The van der Waals surface area contributed by atoms with Crippen molar-refractivity contribution in [1.82, 2.24) is 14.9 Å². The van der Waals surface area contributed by atoms with Crippen LogP contribution in [0.3, 0.4) is 0 Å². The summed E-state index contributed by atoms with van der Waals surface area (Å²) in [6.07, 6.45) is 6.91. The Balaban J connectivity index is 1.28. The first-order valence-corrected chi connectivity index (χ1v) is 13.7. The lowest BCUT2D eigenvalue weighted by Crippen LogP contribution is -2.45. The van der Waals surface area contributed by atoms with Crippen LogP contribution in [0.25, 0.3) is 0 Å². The van der Waals surface area contributed by atoms with Gasteiger partial charge in [-0.25, -0.2) is 9.78 Å². The van der Waals surface area contributed by atoms with Gasteiger partial charge in [-0.15, -0.1) is 11.8 Å². The zero-order valence-corrected chi connectivity index (χ0v) is 22.3. The summed E-state index contributed by atoms with van der Waals surface area (Å²) in [5, 5.41) is 7.08. The fraction of sp³-hybridized carbons (Fsp3) is 0.385. The Labute approximate surface area is 219 Å². The van der Waals surface area contributed by atoms with Crippen molar-refractivity contribution in [3.8, 4) is 0 Å². The van der Waals surface area contributed by atoms with Crippen molar-refractivity contribution in [2.45, 2.75) is 55.2 Å². The lowest BCUT2D eigenvalue weighted by molar-refractivity contribution is 0.0635. The average molecular weight is 526 g/mol. The van der Waals surface area contributed by atoms with Gasteiger partial charge < -0.3 is 15.0 Å². The zero-order valence-electron chi connectivity index (χ0n) is 20.7. The van der Waals surface area contributed by atoms with Crippen LogP contribution in [0.15, 0.2) is 59.2 Å². The van der Waals surface area contributed by atoms with E-state index >= 15 is 0 Å². The second-order valence-electron chi connectivity index (χ2n) is 9.57. The number of aromatic nitrogens is 2. The van der Waals surface area contributed by atoms with Crippen LogP contribution in [0.4, 0.5) is 15.6 Å². The number of hydrogen-bond acceptors (Lipinski definition) is 8. The van der Waals surface area contributed by atoms with Crippen molar-refractivity contribution < 1.29 is 14.3 Å². The quantitative estimate of drug-likeness (QED) is 0.371. The van der Waals surface area contributed by atoms with Crippen LogP contribution >= 0.6 is 23.1 Å². The second-order valence-corrected chi connectivity index (χ2v) is 11.9. The van der Waals surface area contributed by atoms with Gasteiger partial charge in [0.1, 0.15) is 5.60 Å². The van der Waals surface area contributed by atoms with Crippen molar-refractivity contribution in [3.05, 3.63) is 66.1 Å². The highest BCUT2D eigenvalue weighted by Crippen LogP contribution is 2.31. The van der Waals surface area contributed by atoms with E-state index in [1.54, 1.807) is 59.8 Å². The van der Waals surface area contributed by atoms with Gasteiger partial charge in [0.2, 0.25) is 0 Å². The van der Waals surface area contributed by atoms with E-state index in [4.69, 9.17) is 4.74 Å². The van der Waals surface area contributed by atoms with Gasteiger partial charge in [0.15, 0.2) is 5.13 Å². The van der Waals surface area contributed by atoms with Gasteiger partial charge in [0.05, 0.1) is 10.4 Å². The highest BCUT2D eigenvalue weighted by atomic mass is 32.2. The third kappa shape index (κ3) is 7.69. The zero-order chi connectivity index (χ0) is 25.5. The molecule has 0 aliphatic carbocycles. The normalized spacial score (nSPS) is 15.9. The van der Waals surface area contributed by atoms with Gasteiger partial charge in [0, 0.05) is 48.5 Å². The molecular weight excluding hydrogens is 494 g/mol. The van der Waals surface area contributed by atoms with E-state index in [0.717, 1.165) is 34.5 Å². The molecule has 8 nitrogen and oxygen atoms in total. The number of ether oxygens (including phenoxy) is 1.